The van der Waals surface area contributed by atoms with Crippen molar-refractivity contribution >= 4 is 21.6 Å². The standard InChI is InChI=1S/C14H12BrFN2O3/c1-8(17)9-4-2-3-5-13(9)21-14-7-11(16)10(15)6-12(14)18(19)20/h2-8H,17H2,1H3/t8-/m1/s1. The summed E-state index contributed by atoms with van der Waals surface area (Å²) in [6, 6.07) is 8.59. The van der Waals surface area contributed by atoms with Gasteiger partial charge in [0.15, 0.2) is 0 Å². The Morgan fingerprint density at radius 2 is 2.00 bits per heavy atom. The predicted molar refractivity (Wildman–Crippen MR) is 79.9 cm³/mol. The molecule has 0 amide bonds. The summed E-state index contributed by atoms with van der Waals surface area (Å²) in [5.41, 5.74) is 6.17. The van der Waals surface area contributed by atoms with Crippen LogP contribution in [0.15, 0.2) is 40.9 Å². The third kappa shape index (κ3) is 3.37. The zero-order valence-electron chi connectivity index (χ0n) is 11.0. The summed E-state index contributed by atoms with van der Waals surface area (Å²) >= 11 is 2.92. The summed E-state index contributed by atoms with van der Waals surface area (Å²) in [6.07, 6.45) is 0. The van der Waals surface area contributed by atoms with Crippen molar-refractivity contribution in [1.82, 2.24) is 0 Å². The van der Waals surface area contributed by atoms with E-state index in [9.17, 15) is 14.5 Å². The second-order valence-corrected chi connectivity index (χ2v) is 5.27. The SMILES string of the molecule is C[C@@H](N)c1ccccc1Oc1cc(F)c(Br)cc1[N+](=O)[O-]. The maximum absolute atomic E-state index is 13.6. The highest BCUT2D eigenvalue weighted by Gasteiger charge is 2.20. The van der Waals surface area contributed by atoms with Gasteiger partial charge in [-0.1, -0.05) is 18.2 Å². The monoisotopic (exact) mass is 354 g/mol. The second-order valence-electron chi connectivity index (χ2n) is 4.42. The molecule has 0 aliphatic heterocycles. The Labute approximate surface area is 128 Å². The second kappa shape index (κ2) is 6.19. The molecule has 0 heterocycles. The molecule has 110 valence electrons. The van der Waals surface area contributed by atoms with Crippen LogP contribution in [0.1, 0.15) is 18.5 Å². The summed E-state index contributed by atoms with van der Waals surface area (Å²) in [7, 11) is 0. The fourth-order valence-corrected chi connectivity index (χ4v) is 2.14. The molecule has 1 atom stereocenters. The first kappa shape index (κ1) is 15.4. The van der Waals surface area contributed by atoms with Gasteiger partial charge in [0, 0.05) is 23.7 Å². The molecule has 0 aromatic heterocycles. The molecule has 2 rings (SSSR count). The molecule has 0 saturated carbocycles. The molecule has 0 fully saturated rings. The summed E-state index contributed by atoms with van der Waals surface area (Å²) in [5.74, 6) is -0.458. The van der Waals surface area contributed by atoms with Gasteiger partial charge < -0.3 is 10.5 Å². The van der Waals surface area contributed by atoms with Crippen LogP contribution >= 0.6 is 15.9 Å². The number of rotatable bonds is 4. The minimum Gasteiger partial charge on any atom is -0.450 e. The Hall–Kier alpha value is -1.99. The van der Waals surface area contributed by atoms with E-state index in [1.165, 1.54) is 0 Å². The highest BCUT2D eigenvalue weighted by atomic mass is 79.9. The number of ether oxygens (including phenoxy) is 1. The molecule has 0 unspecified atom stereocenters. The number of para-hydroxylation sites is 1. The summed E-state index contributed by atoms with van der Waals surface area (Å²) in [5, 5.41) is 11.1. The molecular weight excluding hydrogens is 343 g/mol. The minimum atomic E-state index is -0.645. The van der Waals surface area contributed by atoms with Crippen LogP contribution < -0.4 is 10.5 Å². The Bertz CT molecular complexity index is 692. The zero-order chi connectivity index (χ0) is 15.6. The first-order valence-electron chi connectivity index (χ1n) is 6.06. The van der Waals surface area contributed by atoms with Crippen LogP contribution in [0.5, 0.6) is 11.5 Å². The molecule has 0 saturated heterocycles. The van der Waals surface area contributed by atoms with Crippen molar-refractivity contribution in [3.8, 4) is 11.5 Å². The van der Waals surface area contributed by atoms with Gasteiger partial charge >= 0.3 is 5.69 Å². The zero-order valence-corrected chi connectivity index (χ0v) is 12.6. The normalized spacial score (nSPS) is 12.0. The van der Waals surface area contributed by atoms with Gasteiger partial charge in [0.25, 0.3) is 0 Å². The highest BCUT2D eigenvalue weighted by molar-refractivity contribution is 9.10. The lowest BCUT2D eigenvalue weighted by Gasteiger charge is -2.13. The molecule has 2 N–H and O–H groups in total. The van der Waals surface area contributed by atoms with Gasteiger partial charge in [-0.15, -0.1) is 0 Å². The van der Waals surface area contributed by atoms with Gasteiger partial charge in [0.05, 0.1) is 9.40 Å². The van der Waals surface area contributed by atoms with E-state index in [0.717, 1.165) is 12.1 Å². The largest absolute Gasteiger partial charge is 0.450 e. The molecule has 7 heteroatoms. The summed E-state index contributed by atoms with van der Waals surface area (Å²) in [6.45, 7) is 1.76. The molecule has 0 spiro atoms. The number of nitro benzene ring substituents is 1. The van der Waals surface area contributed by atoms with Crippen molar-refractivity contribution in [3.05, 3.63) is 62.4 Å². The van der Waals surface area contributed by atoms with Crippen LogP contribution in [0, 0.1) is 15.9 Å². The van der Waals surface area contributed by atoms with Gasteiger partial charge in [0.1, 0.15) is 11.6 Å². The van der Waals surface area contributed by atoms with Gasteiger partial charge in [-0.05, 0) is 28.9 Å². The fraction of sp³-hybridized carbons (Fsp3) is 0.143. The lowest BCUT2D eigenvalue weighted by Crippen LogP contribution is -2.06. The Morgan fingerprint density at radius 3 is 2.62 bits per heavy atom. The number of benzene rings is 2. The average Bonchev–Trinajstić information content (AvgIpc) is 2.42. The summed E-state index contributed by atoms with van der Waals surface area (Å²) in [4.78, 5) is 10.4. The van der Waals surface area contributed by atoms with Crippen molar-refractivity contribution in [2.75, 3.05) is 0 Å². The average molecular weight is 355 g/mol. The number of halogens is 2. The van der Waals surface area contributed by atoms with E-state index in [-0.39, 0.29) is 22.0 Å². The molecule has 2 aromatic carbocycles. The molecule has 5 nitrogen and oxygen atoms in total. The van der Waals surface area contributed by atoms with Gasteiger partial charge in [-0.25, -0.2) is 4.39 Å². The molecular formula is C14H12BrFN2O3. The van der Waals surface area contributed by atoms with E-state index in [4.69, 9.17) is 10.5 Å². The van der Waals surface area contributed by atoms with Crippen molar-refractivity contribution in [2.45, 2.75) is 13.0 Å². The van der Waals surface area contributed by atoms with Gasteiger partial charge in [-0.3, -0.25) is 10.1 Å². The molecule has 0 aliphatic rings. The van der Waals surface area contributed by atoms with E-state index in [2.05, 4.69) is 15.9 Å². The number of hydrogen-bond donors (Lipinski definition) is 1. The first-order chi connectivity index (χ1) is 9.90. The quantitative estimate of drug-likeness (QED) is 0.655. The topological polar surface area (TPSA) is 78.4 Å². The minimum absolute atomic E-state index is 0.00188. The van der Waals surface area contributed by atoms with E-state index in [1.54, 1.807) is 31.2 Å². The number of hydrogen-bond acceptors (Lipinski definition) is 4. The lowest BCUT2D eigenvalue weighted by molar-refractivity contribution is -0.385. The Kier molecular flexibility index (Phi) is 4.54. The molecule has 0 bridgehead atoms. The number of nitrogens with zero attached hydrogens (tertiary/aromatic N) is 1. The van der Waals surface area contributed by atoms with E-state index in [1.807, 2.05) is 0 Å². The van der Waals surface area contributed by atoms with Crippen LogP contribution in [0.4, 0.5) is 10.1 Å². The molecule has 21 heavy (non-hydrogen) atoms. The van der Waals surface area contributed by atoms with E-state index < -0.39 is 10.7 Å². The van der Waals surface area contributed by atoms with Crippen molar-refractivity contribution < 1.29 is 14.1 Å². The third-order valence-electron chi connectivity index (χ3n) is 2.83. The lowest BCUT2D eigenvalue weighted by atomic mass is 10.1. The molecule has 0 radical (unpaired) electrons. The first-order valence-corrected chi connectivity index (χ1v) is 6.85. The van der Waals surface area contributed by atoms with Gasteiger partial charge in [0.2, 0.25) is 5.75 Å². The fourth-order valence-electron chi connectivity index (χ4n) is 1.81. The van der Waals surface area contributed by atoms with Crippen LogP contribution in [0.3, 0.4) is 0 Å². The van der Waals surface area contributed by atoms with Crippen LogP contribution in [0.2, 0.25) is 0 Å². The molecule has 0 aliphatic carbocycles. The highest BCUT2D eigenvalue weighted by Crippen LogP contribution is 2.37. The van der Waals surface area contributed by atoms with Crippen molar-refractivity contribution in [1.29, 1.82) is 0 Å². The maximum Gasteiger partial charge on any atom is 0.312 e. The van der Waals surface area contributed by atoms with Crippen molar-refractivity contribution in [2.24, 2.45) is 5.73 Å². The van der Waals surface area contributed by atoms with Gasteiger partial charge in [-0.2, -0.15) is 0 Å². The third-order valence-corrected chi connectivity index (χ3v) is 3.44. The number of nitro groups is 1. The smallest absolute Gasteiger partial charge is 0.312 e. The van der Waals surface area contributed by atoms with E-state index >= 15 is 0 Å². The van der Waals surface area contributed by atoms with Crippen LogP contribution in [-0.4, -0.2) is 4.92 Å². The Balaban J connectivity index is 2.49. The predicted octanol–water partition coefficient (Wildman–Crippen LogP) is 4.31. The Morgan fingerprint density at radius 1 is 1.33 bits per heavy atom. The van der Waals surface area contributed by atoms with Crippen molar-refractivity contribution in [3.63, 3.8) is 0 Å². The molecule has 2 aromatic rings. The maximum atomic E-state index is 13.6. The van der Waals surface area contributed by atoms with E-state index in [0.29, 0.717) is 11.3 Å². The number of nitrogens with two attached hydrogens (primary N) is 1. The van der Waals surface area contributed by atoms with Crippen LogP contribution in [-0.2, 0) is 0 Å². The summed E-state index contributed by atoms with van der Waals surface area (Å²) < 4.78 is 19.1. The van der Waals surface area contributed by atoms with Crippen LogP contribution in [0.25, 0.3) is 0 Å².